The van der Waals surface area contributed by atoms with Crippen molar-refractivity contribution in [3.8, 4) is 6.07 Å². The minimum atomic E-state index is 0.153. The van der Waals surface area contributed by atoms with Crippen LogP contribution < -0.4 is 10.2 Å². The van der Waals surface area contributed by atoms with Crippen LogP contribution in [0.25, 0.3) is 10.8 Å². The number of hydrogen-bond acceptors (Lipinski definition) is 8. The van der Waals surface area contributed by atoms with Gasteiger partial charge in [-0.2, -0.15) is 10.4 Å². The Morgan fingerprint density at radius 3 is 2.53 bits per heavy atom. The molecule has 8 heteroatoms. The SMILES string of the molecule is CC.CCN(CCN(C)CCO)c1cc2c(NCc3cccc(C#N)c3C)nnc(C)c2cn1. The van der Waals surface area contributed by atoms with Crippen LogP contribution in [0.3, 0.4) is 0 Å². The van der Waals surface area contributed by atoms with E-state index in [0.717, 1.165) is 53.0 Å². The Kier molecular flexibility index (Phi) is 10.7. The molecule has 1 aromatic carbocycles. The number of aromatic nitrogens is 3. The molecule has 0 saturated heterocycles. The number of aliphatic hydroxyl groups excluding tert-OH is 1. The van der Waals surface area contributed by atoms with Crippen molar-refractivity contribution < 1.29 is 5.11 Å². The van der Waals surface area contributed by atoms with Crippen LogP contribution >= 0.6 is 0 Å². The molecule has 8 nitrogen and oxygen atoms in total. The van der Waals surface area contributed by atoms with E-state index < -0.39 is 0 Å². The van der Waals surface area contributed by atoms with Gasteiger partial charge >= 0.3 is 0 Å². The molecule has 0 bridgehead atoms. The first kappa shape index (κ1) is 27.0. The Morgan fingerprint density at radius 1 is 1.09 bits per heavy atom. The molecule has 0 fully saturated rings. The lowest BCUT2D eigenvalue weighted by atomic mass is 10.0. The fraction of sp³-hybridized carbons (Fsp3) is 0.462. The second kappa shape index (κ2) is 13.4. The summed E-state index contributed by atoms with van der Waals surface area (Å²) in [5, 5.41) is 32.5. The second-order valence-corrected chi connectivity index (χ2v) is 7.88. The Balaban J connectivity index is 0.00000199. The highest BCUT2D eigenvalue weighted by Crippen LogP contribution is 2.27. The third kappa shape index (κ3) is 6.62. The van der Waals surface area contributed by atoms with Crippen LogP contribution in [-0.2, 0) is 6.54 Å². The zero-order chi connectivity index (χ0) is 25.1. The van der Waals surface area contributed by atoms with Crippen LogP contribution in [0.15, 0.2) is 30.5 Å². The summed E-state index contributed by atoms with van der Waals surface area (Å²) in [5.41, 5.74) is 3.53. The summed E-state index contributed by atoms with van der Waals surface area (Å²) < 4.78 is 0. The van der Waals surface area contributed by atoms with Gasteiger partial charge in [0.15, 0.2) is 5.82 Å². The molecule has 0 aliphatic carbocycles. The number of hydrogen-bond donors (Lipinski definition) is 2. The fourth-order valence-electron chi connectivity index (χ4n) is 3.65. The summed E-state index contributed by atoms with van der Waals surface area (Å²) in [6, 6.07) is 10.0. The van der Waals surface area contributed by atoms with Crippen molar-refractivity contribution in [2.75, 3.05) is 50.1 Å². The van der Waals surface area contributed by atoms with E-state index in [4.69, 9.17) is 5.11 Å². The average Bonchev–Trinajstić information content (AvgIpc) is 2.86. The third-order valence-electron chi connectivity index (χ3n) is 5.79. The molecular weight excluding hydrogens is 426 g/mol. The molecule has 0 radical (unpaired) electrons. The number of pyridine rings is 1. The van der Waals surface area contributed by atoms with E-state index in [1.165, 1.54) is 0 Å². The van der Waals surface area contributed by atoms with E-state index in [-0.39, 0.29) is 6.61 Å². The van der Waals surface area contributed by atoms with Gasteiger partial charge < -0.3 is 20.2 Å². The van der Waals surface area contributed by atoms with E-state index >= 15 is 0 Å². The van der Waals surface area contributed by atoms with Crippen molar-refractivity contribution in [2.24, 2.45) is 0 Å². The molecule has 0 spiro atoms. The zero-order valence-electron chi connectivity index (χ0n) is 21.3. The predicted molar refractivity (Wildman–Crippen MR) is 139 cm³/mol. The minimum Gasteiger partial charge on any atom is -0.395 e. The number of rotatable bonds is 10. The number of aliphatic hydroxyl groups is 1. The van der Waals surface area contributed by atoms with Crippen LogP contribution in [0.4, 0.5) is 11.6 Å². The highest BCUT2D eigenvalue weighted by Gasteiger charge is 2.13. The molecule has 182 valence electrons. The molecule has 0 aliphatic rings. The number of fused-ring (bicyclic) bond motifs is 1. The molecule has 2 heterocycles. The zero-order valence-corrected chi connectivity index (χ0v) is 21.3. The topological polar surface area (TPSA) is 101 Å². The first-order chi connectivity index (χ1) is 16.5. The monoisotopic (exact) mass is 463 g/mol. The summed E-state index contributed by atoms with van der Waals surface area (Å²) in [4.78, 5) is 9.00. The lowest BCUT2D eigenvalue weighted by Crippen LogP contribution is -2.34. The molecule has 0 aliphatic heterocycles. The first-order valence-corrected chi connectivity index (χ1v) is 11.9. The molecule has 3 rings (SSSR count). The number of anilines is 2. The quantitative estimate of drug-likeness (QED) is 0.467. The summed E-state index contributed by atoms with van der Waals surface area (Å²) in [7, 11) is 2.00. The third-order valence-corrected chi connectivity index (χ3v) is 5.79. The lowest BCUT2D eigenvalue weighted by molar-refractivity contribution is 0.224. The smallest absolute Gasteiger partial charge is 0.157 e. The summed E-state index contributed by atoms with van der Waals surface area (Å²) >= 11 is 0. The maximum atomic E-state index is 9.29. The van der Waals surface area contributed by atoms with Gasteiger partial charge in [0.1, 0.15) is 5.82 Å². The number of nitrogens with one attached hydrogen (secondary N) is 1. The van der Waals surface area contributed by atoms with E-state index in [1.807, 2.05) is 59.1 Å². The largest absolute Gasteiger partial charge is 0.395 e. The van der Waals surface area contributed by atoms with Crippen molar-refractivity contribution in [1.82, 2.24) is 20.1 Å². The summed E-state index contributed by atoms with van der Waals surface area (Å²) in [6.45, 7) is 13.8. The number of benzene rings is 1. The van der Waals surface area contributed by atoms with Gasteiger partial charge in [-0.3, -0.25) is 0 Å². The molecule has 0 unspecified atom stereocenters. The molecule has 2 aromatic heterocycles. The number of aryl methyl sites for hydroxylation is 1. The van der Waals surface area contributed by atoms with E-state index in [9.17, 15) is 5.26 Å². The van der Waals surface area contributed by atoms with Crippen molar-refractivity contribution in [2.45, 2.75) is 41.2 Å². The van der Waals surface area contributed by atoms with Crippen molar-refractivity contribution in [1.29, 1.82) is 5.26 Å². The number of nitriles is 1. The van der Waals surface area contributed by atoms with Crippen LogP contribution in [0.5, 0.6) is 0 Å². The van der Waals surface area contributed by atoms with E-state index in [2.05, 4.69) is 49.4 Å². The molecule has 0 atom stereocenters. The summed E-state index contributed by atoms with van der Waals surface area (Å²) in [5.74, 6) is 1.58. The maximum absolute atomic E-state index is 9.29. The average molecular weight is 464 g/mol. The fourth-order valence-corrected chi connectivity index (χ4v) is 3.65. The normalized spacial score (nSPS) is 10.6. The molecule has 0 amide bonds. The Labute approximate surface area is 203 Å². The van der Waals surface area contributed by atoms with Gasteiger partial charge in [-0.1, -0.05) is 26.0 Å². The Morgan fingerprint density at radius 2 is 1.85 bits per heavy atom. The summed E-state index contributed by atoms with van der Waals surface area (Å²) in [6.07, 6.45) is 1.86. The second-order valence-electron chi connectivity index (χ2n) is 7.88. The number of likely N-dealkylation sites (N-methyl/N-ethyl adjacent to an activating group) is 2. The van der Waals surface area contributed by atoms with E-state index in [1.54, 1.807) is 0 Å². The number of nitrogens with zero attached hydrogens (tertiary/aromatic N) is 6. The Hall–Kier alpha value is -3.28. The first-order valence-electron chi connectivity index (χ1n) is 11.9. The van der Waals surface area contributed by atoms with Gasteiger partial charge in [-0.15, -0.1) is 5.10 Å². The van der Waals surface area contributed by atoms with Crippen LogP contribution in [0, 0.1) is 25.2 Å². The molecule has 3 aromatic rings. The standard InChI is InChI=1S/C24H31N7O.C2H6/c1-5-31(10-9-30(4)11-12-32)23-13-21-22(16-26-23)18(3)28-29-24(21)27-15-20-8-6-7-19(14-25)17(20)2;1-2/h6-8,13,16,32H,5,9-12,15H2,1-4H3,(H,27,29);1-2H3. The van der Waals surface area contributed by atoms with Crippen molar-refractivity contribution >= 4 is 22.4 Å². The molecule has 34 heavy (non-hydrogen) atoms. The molecule has 2 N–H and O–H groups in total. The van der Waals surface area contributed by atoms with Crippen LogP contribution in [0.1, 0.15) is 43.2 Å². The van der Waals surface area contributed by atoms with Gasteiger partial charge in [0.25, 0.3) is 0 Å². The van der Waals surface area contributed by atoms with E-state index in [0.29, 0.717) is 24.5 Å². The highest BCUT2D eigenvalue weighted by atomic mass is 16.3. The molecular formula is C26H37N7O. The van der Waals surface area contributed by atoms with Crippen molar-refractivity contribution in [3.63, 3.8) is 0 Å². The maximum Gasteiger partial charge on any atom is 0.157 e. The Bertz CT molecular complexity index is 1110. The van der Waals surface area contributed by atoms with Crippen LogP contribution in [-0.4, -0.2) is 65.0 Å². The lowest BCUT2D eigenvalue weighted by Gasteiger charge is -2.25. The van der Waals surface area contributed by atoms with Crippen molar-refractivity contribution in [3.05, 3.63) is 52.8 Å². The van der Waals surface area contributed by atoms with Gasteiger partial charge in [-0.25, -0.2) is 4.98 Å². The van der Waals surface area contributed by atoms with Gasteiger partial charge in [0.05, 0.1) is 23.9 Å². The van der Waals surface area contributed by atoms with Gasteiger partial charge in [0.2, 0.25) is 0 Å². The van der Waals surface area contributed by atoms with Gasteiger partial charge in [-0.05, 0) is 51.1 Å². The predicted octanol–water partition coefficient (Wildman–Crippen LogP) is 3.90. The van der Waals surface area contributed by atoms with Gasteiger partial charge in [0, 0.05) is 49.7 Å². The molecule has 0 saturated carbocycles. The minimum absolute atomic E-state index is 0.153. The highest BCUT2D eigenvalue weighted by molar-refractivity contribution is 5.94. The van der Waals surface area contributed by atoms with Crippen LogP contribution in [0.2, 0.25) is 0 Å².